The second-order valence-corrected chi connectivity index (χ2v) is 9.83. The number of amides is 1. The summed E-state index contributed by atoms with van der Waals surface area (Å²) in [5, 5.41) is 14.3. The van der Waals surface area contributed by atoms with Crippen molar-refractivity contribution in [2.24, 2.45) is 0 Å². The number of fused-ring (bicyclic) bond motifs is 2. The van der Waals surface area contributed by atoms with Crippen LogP contribution in [0.25, 0.3) is 21.9 Å². The Balaban J connectivity index is 0.000000219. The maximum Gasteiger partial charge on any atom is 0.407 e. The highest BCUT2D eigenvalue weighted by Gasteiger charge is 2.16. The van der Waals surface area contributed by atoms with Crippen molar-refractivity contribution in [2.75, 3.05) is 12.3 Å². The molecule has 4 aromatic rings. The summed E-state index contributed by atoms with van der Waals surface area (Å²) in [6.07, 6.45) is -0.420. The molecule has 0 aliphatic heterocycles. The number of nitrogens with one attached hydrogen (secondary N) is 1. The second kappa shape index (κ2) is 10.7. The van der Waals surface area contributed by atoms with Gasteiger partial charge in [0.25, 0.3) is 0 Å². The third-order valence-electron chi connectivity index (χ3n) is 3.80. The second-order valence-electron chi connectivity index (χ2n) is 7.52. The maximum absolute atomic E-state index is 11.5. The van der Waals surface area contributed by atoms with Crippen LogP contribution in [-0.2, 0) is 4.74 Å². The zero-order valence-electron chi connectivity index (χ0n) is 17.4. The number of benzene rings is 2. The van der Waals surface area contributed by atoms with Gasteiger partial charge in [0.05, 0.1) is 10.8 Å². The lowest BCUT2D eigenvalue weighted by Crippen LogP contribution is -2.33. The van der Waals surface area contributed by atoms with Gasteiger partial charge in [0, 0.05) is 22.3 Å². The minimum atomic E-state index is -0.490. The van der Waals surface area contributed by atoms with E-state index in [0.717, 1.165) is 15.8 Å². The molecule has 0 bridgehead atoms. The van der Waals surface area contributed by atoms with Crippen molar-refractivity contribution < 1.29 is 18.6 Å². The normalized spacial score (nSPS) is 11.3. The van der Waals surface area contributed by atoms with E-state index in [-0.39, 0.29) is 0 Å². The Kier molecular flexibility index (Phi) is 8.16. The van der Waals surface area contributed by atoms with Crippen LogP contribution in [0.1, 0.15) is 20.8 Å². The molecular formula is C21H20Cl3N3O4S. The number of alkyl carbamates (subject to hydrolysis) is 1. The van der Waals surface area contributed by atoms with Crippen LogP contribution in [0.5, 0.6) is 0 Å². The molecule has 0 unspecified atom stereocenters. The molecule has 0 saturated heterocycles. The highest BCUT2D eigenvalue weighted by molar-refractivity contribution is 7.99. The maximum atomic E-state index is 11.5. The Morgan fingerprint density at radius 2 is 1.59 bits per heavy atom. The lowest BCUT2D eigenvalue weighted by atomic mass is 10.2. The van der Waals surface area contributed by atoms with Gasteiger partial charge in [-0.2, -0.15) is 0 Å². The van der Waals surface area contributed by atoms with Crippen LogP contribution in [0.3, 0.4) is 0 Å². The minimum absolute atomic E-state index is 0.350. The molecule has 1 N–H and O–H groups in total. The first kappa shape index (κ1) is 24.5. The molecule has 7 nitrogen and oxygen atoms in total. The molecule has 0 saturated carbocycles. The first-order valence-electron chi connectivity index (χ1n) is 9.47. The van der Waals surface area contributed by atoms with E-state index in [2.05, 4.69) is 15.6 Å². The van der Waals surface area contributed by atoms with Crippen LogP contribution in [0.2, 0.25) is 15.2 Å². The largest absolute Gasteiger partial charge is 0.444 e. The summed E-state index contributed by atoms with van der Waals surface area (Å²) >= 11 is 18.9. The van der Waals surface area contributed by atoms with E-state index in [4.69, 9.17) is 48.6 Å². The summed E-state index contributed by atoms with van der Waals surface area (Å²) in [5.74, 6) is 0.660. The molecule has 11 heteroatoms. The number of aromatic nitrogens is 2. The van der Waals surface area contributed by atoms with Gasteiger partial charge < -0.3 is 19.1 Å². The van der Waals surface area contributed by atoms with Crippen LogP contribution in [0.4, 0.5) is 4.79 Å². The number of hydrogen-bond donors (Lipinski definition) is 1. The quantitative estimate of drug-likeness (QED) is 0.226. The average Bonchev–Trinajstić information content (AvgIpc) is 3.28. The summed E-state index contributed by atoms with van der Waals surface area (Å²) in [5.41, 5.74) is 0.859. The first-order valence-corrected chi connectivity index (χ1v) is 11.6. The molecule has 0 atom stereocenters. The fourth-order valence-corrected chi connectivity index (χ4v) is 3.82. The Hall–Kier alpha value is -2.13. The zero-order chi connectivity index (χ0) is 23.3. The summed E-state index contributed by atoms with van der Waals surface area (Å²) in [7, 11) is 0. The van der Waals surface area contributed by atoms with Crippen LogP contribution in [-0.4, -0.2) is 34.3 Å². The van der Waals surface area contributed by atoms with Gasteiger partial charge in [-0.3, -0.25) is 0 Å². The molecule has 4 rings (SSSR count). The summed E-state index contributed by atoms with van der Waals surface area (Å²) in [6, 6.07) is 10.5. The summed E-state index contributed by atoms with van der Waals surface area (Å²) in [4.78, 5) is 11.5. The minimum Gasteiger partial charge on any atom is -0.444 e. The van der Waals surface area contributed by atoms with Crippen LogP contribution < -0.4 is 5.32 Å². The molecule has 2 aromatic heterocycles. The molecule has 0 fully saturated rings. The smallest absolute Gasteiger partial charge is 0.407 e. The Labute approximate surface area is 203 Å². The molecule has 0 aliphatic rings. The number of nitrogens with zero attached hydrogens (tertiary/aromatic N) is 2. The monoisotopic (exact) mass is 515 g/mol. The van der Waals surface area contributed by atoms with Gasteiger partial charge in [0.1, 0.15) is 10.6 Å². The third kappa shape index (κ3) is 6.93. The standard InChI is InChI=1S/C14H17ClN2O3S.C7H3Cl2NO/c1-14(2,3)19-13(18)16-6-7-21-12-10-8-9(15)4-5-11(10)20-17-12;8-4-1-2-6-5(3-4)7(9)10-11-6/h4-5,8H,6-7H2,1-3H3,(H,16,18);1-3H. The molecule has 0 spiro atoms. The number of carbonyl (C=O) groups excluding carboxylic acids is 1. The van der Waals surface area contributed by atoms with Crippen molar-refractivity contribution in [1.29, 1.82) is 0 Å². The summed E-state index contributed by atoms with van der Waals surface area (Å²) in [6.45, 7) is 5.96. The van der Waals surface area contributed by atoms with Crippen molar-refractivity contribution in [3.05, 3.63) is 51.6 Å². The number of carbonyl (C=O) groups is 1. The van der Waals surface area contributed by atoms with E-state index in [1.807, 2.05) is 26.8 Å². The van der Waals surface area contributed by atoms with Gasteiger partial charge in [-0.25, -0.2) is 4.79 Å². The molecule has 32 heavy (non-hydrogen) atoms. The lowest BCUT2D eigenvalue weighted by Gasteiger charge is -2.19. The highest BCUT2D eigenvalue weighted by Crippen LogP contribution is 2.29. The number of thioether (sulfide) groups is 1. The van der Waals surface area contributed by atoms with Gasteiger partial charge in [0.2, 0.25) is 0 Å². The molecule has 0 aliphatic carbocycles. The molecular weight excluding hydrogens is 497 g/mol. The molecule has 0 radical (unpaired) electrons. The molecule has 1 amide bonds. The number of halogens is 3. The Morgan fingerprint density at radius 1 is 1.00 bits per heavy atom. The Bertz CT molecular complexity index is 1220. The molecule has 2 heterocycles. The van der Waals surface area contributed by atoms with E-state index < -0.39 is 11.7 Å². The van der Waals surface area contributed by atoms with Crippen LogP contribution >= 0.6 is 46.6 Å². The predicted molar refractivity (Wildman–Crippen MR) is 128 cm³/mol. The summed E-state index contributed by atoms with van der Waals surface area (Å²) < 4.78 is 15.2. The zero-order valence-corrected chi connectivity index (χ0v) is 20.5. The third-order valence-corrected chi connectivity index (χ3v) is 5.51. The highest BCUT2D eigenvalue weighted by atomic mass is 35.5. The van der Waals surface area contributed by atoms with Gasteiger partial charge in [0.15, 0.2) is 16.3 Å². The predicted octanol–water partition coefficient (Wildman–Crippen LogP) is 7.23. The number of ether oxygens (including phenoxy) is 1. The Morgan fingerprint density at radius 3 is 2.25 bits per heavy atom. The fraction of sp³-hybridized carbons (Fsp3) is 0.286. The van der Waals surface area contributed by atoms with E-state index in [1.54, 1.807) is 30.3 Å². The van der Waals surface area contributed by atoms with Crippen molar-refractivity contribution in [3.8, 4) is 0 Å². The SMILES string of the molecule is CC(C)(C)OC(=O)NCCSc1noc2ccc(Cl)cc12.Clc1ccc2onc(Cl)c2c1. The van der Waals surface area contributed by atoms with E-state index in [1.165, 1.54) is 11.8 Å². The fourth-order valence-electron chi connectivity index (χ4n) is 2.49. The number of rotatable bonds is 4. The van der Waals surface area contributed by atoms with Crippen molar-refractivity contribution in [3.63, 3.8) is 0 Å². The van der Waals surface area contributed by atoms with Gasteiger partial charge in [-0.05, 0) is 57.2 Å². The van der Waals surface area contributed by atoms with Gasteiger partial charge >= 0.3 is 6.09 Å². The van der Waals surface area contributed by atoms with E-state index >= 15 is 0 Å². The van der Waals surface area contributed by atoms with Crippen LogP contribution in [0, 0.1) is 0 Å². The first-order chi connectivity index (χ1) is 15.1. The lowest BCUT2D eigenvalue weighted by molar-refractivity contribution is 0.0531. The number of hydrogen-bond acceptors (Lipinski definition) is 7. The van der Waals surface area contributed by atoms with Crippen molar-refractivity contribution >= 4 is 74.6 Å². The van der Waals surface area contributed by atoms with E-state index in [9.17, 15) is 4.79 Å². The molecule has 2 aromatic carbocycles. The van der Waals surface area contributed by atoms with Crippen LogP contribution in [0.15, 0.2) is 50.5 Å². The van der Waals surface area contributed by atoms with Gasteiger partial charge in [-0.15, -0.1) is 11.8 Å². The van der Waals surface area contributed by atoms with Gasteiger partial charge in [-0.1, -0.05) is 45.1 Å². The average molecular weight is 517 g/mol. The van der Waals surface area contributed by atoms with E-state index in [0.29, 0.717) is 38.7 Å². The van der Waals surface area contributed by atoms with Crippen molar-refractivity contribution in [1.82, 2.24) is 15.6 Å². The topological polar surface area (TPSA) is 90.4 Å². The molecule has 170 valence electrons. The van der Waals surface area contributed by atoms with Crippen molar-refractivity contribution in [2.45, 2.75) is 31.4 Å².